The Morgan fingerprint density at radius 3 is 2.27 bits per heavy atom. The molecule has 5 heteroatoms. The van der Waals surface area contributed by atoms with E-state index in [1.165, 1.54) is 0 Å². The fraction of sp³-hybridized carbons (Fsp3) is 0.600. The zero-order valence-corrected chi connectivity index (χ0v) is 9.12. The highest BCUT2D eigenvalue weighted by atomic mass is 16.5. The Labute approximate surface area is 89.2 Å². The molecule has 0 radical (unpaired) electrons. The first-order valence-corrected chi connectivity index (χ1v) is 4.80. The molecule has 0 aliphatic rings. The number of carbonyl (C=O) groups is 2. The van der Waals surface area contributed by atoms with E-state index in [0.717, 1.165) is 0 Å². The minimum atomic E-state index is -0.859. The van der Waals surface area contributed by atoms with Gasteiger partial charge in [0.25, 0.3) is 0 Å². The van der Waals surface area contributed by atoms with E-state index in [2.05, 4.69) is 11.3 Å². The van der Waals surface area contributed by atoms with Crippen LogP contribution in [0.1, 0.15) is 20.3 Å². The van der Waals surface area contributed by atoms with Gasteiger partial charge in [0, 0.05) is 12.0 Å². The van der Waals surface area contributed by atoms with Crippen molar-refractivity contribution in [2.24, 2.45) is 5.73 Å². The molecule has 0 aliphatic heterocycles. The topological polar surface area (TPSA) is 78.6 Å². The summed E-state index contributed by atoms with van der Waals surface area (Å²) in [5, 5.41) is 0. The summed E-state index contributed by atoms with van der Waals surface area (Å²) in [6.07, 6.45) is 0.0532. The molecule has 0 rings (SSSR count). The second-order valence-electron chi connectivity index (χ2n) is 2.89. The van der Waals surface area contributed by atoms with Gasteiger partial charge in [-0.05, 0) is 13.8 Å². The largest absolute Gasteiger partial charge is 0.465 e. The van der Waals surface area contributed by atoms with Crippen LogP contribution in [-0.4, -0.2) is 31.2 Å². The van der Waals surface area contributed by atoms with Gasteiger partial charge >= 0.3 is 11.9 Å². The van der Waals surface area contributed by atoms with E-state index in [1.54, 1.807) is 13.8 Å². The number of esters is 2. The van der Waals surface area contributed by atoms with Crippen LogP contribution in [0, 0.1) is 0 Å². The Kier molecular flexibility index (Phi) is 6.37. The summed E-state index contributed by atoms with van der Waals surface area (Å²) in [7, 11) is 0. The summed E-state index contributed by atoms with van der Waals surface area (Å²) in [5.41, 5.74) is 5.67. The molecule has 0 amide bonds. The third-order valence-electron chi connectivity index (χ3n) is 1.62. The molecule has 0 aromatic rings. The molecular weight excluding hydrogens is 198 g/mol. The molecule has 0 bridgehead atoms. The van der Waals surface area contributed by atoms with Gasteiger partial charge in [-0.25, -0.2) is 4.79 Å². The lowest BCUT2D eigenvalue weighted by Gasteiger charge is -2.11. The smallest absolute Gasteiger partial charge is 0.333 e. The van der Waals surface area contributed by atoms with E-state index in [1.807, 2.05) is 0 Å². The Hall–Kier alpha value is -1.36. The molecule has 86 valence electrons. The SMILES string of the molecule is C=C(C[C@@H](N)C(=O)OCC)C(=O)OCC. The molecule has 0 fully saturated rings. The first-order chi connectivity index (χ1) is 7.02. The highest BCUT2D eigenvalue weighted by molar-refractivity contribution is 5.89. The average Bonchev–Trinajstić information content (AvgIpc) is 2.18. The second-order valence-corrected chi connectivity index (χ2v) is 2.89. The van der Waals surface area contributed by atoms with E-state index >= 15 is 0 Å². The van der Waals surface area contributed by atoms with Gasteiger partial charge in [-0.3, -0.25) is 4.79 Å². The van der Waals surface area contributed by atoms with Crippen LogP contribution in [0.25, 0.3) is 0 Å². The van der Waals surface area contributed by atoms with Crippen LogP contribution in [0.5, 0.6) is 0 Å². The summed E-state index contributed by atoms with van der Waals surface area (Å²) in [6.45, 7) is 7.40. The number of carbonyl (C=O) groups excluding carboxylic acids is 2. The number of hydrogen-bond acceptors (Lipinski definition) is 5. The van der Waals surface area contributed by atoms with Crippen molar-refractivity contribution < 1.29 is 19.1 Å². The number of ether oxygens (including phenoxy) is 2. The molecule has 0 heterocycles. The monoisotopic (exact) mass is 215 g/mol. The fourth-order valence-corrected chi connectivity index (χ4v) is 0.915. The molecule has 0 aliphatic carbocycles. The first-order valence-electron chi connectivity index (χ1n) is 4.80. The van der Waals surface area contributed by atoms with Crippen LogP contribution in [0.4, 0.5) is 0 Å². The zero-order chi connectivity index (χ0) is 11.8. The van der Waals surface area contributed by atoms with Crippen molar-refractivity contribution in [3.63, 3.8) is 0 Å². The van der Waals surface area contributed by atoms with Crippen LogP contribution in [-0.2, 0) is 19.1 Å². The quantitative estimate of drug-likeness (QED) is 0.512. The first kappa shape index (κ1) is 13.6. The maximum absolute atomic E-state index is 11.1. The van der Waals surface area contributed by atoms with Crippen molar-refractivity contribution in [3.05, 3.63) is 12.2 Å². The van der Waals surface area contributed by atoms with Gasteiger partial charge in [0.1, 0.15) is 6.04 Å². The number of hydrogen-bond donors (Lipinski definition) is 1. The Bertz CT molecular complexity index is 250. The fourth-order valence-electron chi connectivity index (χ4n) is 0.915. The van der Waals surface area contributed by atoms with Crippen molar-refractivity contribution in [3.8, 4) is 0 Å². The lowest BCUT2D eigenvalue weighted by Crippen LogP contribution is -2.33. The molecule has 0 aromatic carbocycles. The summed E-state index contributed by atoms with van der Waals surface area (Å²) in [4.78, 5) is 22.2. The van der Waals surface area contributed by atoms with Gasteiger partial charge in [0.2, 0.25) is 0 Å². The summed E-state index contributed by atoms with van der Waals surface area (Å²) in [6, 6.07) is -0.859. The molecule has 0 aromatic heterocycles. The van der Waals surface area contributed by atoms with Crippen molar-refractivity contribution in [2.75, 3.05) is 13.2 Å². The highest BCUT2D eigenvalue weighted by Crippen LogP contribution is 2.05. The normalized spacial score (nSPS) is 11.7. The van der Waals surface area contributed by atoms with E-state index in [4.69, 9.17) is 10.5 Å². The van der Waals surface area contributed by atoms with Crippen LogP contribution in [0.2, 0.25) is 0 Å². The predicted octanol–water partition coefficient (Wildman–Crippen LogP) is 0.386. The molecule has 0 spiro atoms. The molecule has 1 atom stereocenters. The van der Waals surface area contributed by atoms with Crippen molar-refractivity contribution in [1.82, 2.24) is 0 Å². The van der Waals surface area contributed by atoms with Crippen molar-refractivity contribution in [1.29, 1.82) is 0 Å². The summed E-state index contributed by atoms with van der Waals surface area (Å²) >= 11 is 0. The third-order valence-corrected chi connectivity index (χ3v) is 1.62. The number of rotatable bonds is 6. The van der Waals surface area contributed by atoms with Crippen molar-refractivity contribution in [2.45, 2.75) is 26.3 Å². The van der Waals surface area contributed by atoms with Gasteiger partial charge in [-0.2, -0.15) is 0 Å². The molecule has 2 N–H and O–H groups in total. The maximum Gasteiger partial charge on any atom is 0.333 e. The zero-order valence-electron chi connectivity index (χ0n) is 9.12. The van der Waals surface area contributed by atoms with Gasteiger partial charge in [-0.15, -0.1) is 0 Å². The lowest BCUT2D eigenvalue weighted by molar-refractivity contribution is -0.144. The molecule has 0 saturated heterocycles. The van der Waals surface area contributed by atoms with Gasteiger partial charge in [0.05, 0.1) is 13.2 Å². The minimum Gasteiger partial charge on any atom is -0.465 e. The van der Waals surface area contributed by atoms with E-state index < -0.39 is 18.0 Å². The van der Waals surface area contributed by atoms with Crippen LogP contribution in [0.15, 0.2) is 12.2 Å². The Balaban J connectivity index is 4.06. The Morgan fingerprint density at radius 2 is 1.80 bits per heavy atom. The highest BCUT2D eigenvalue weighted by Gasteiger charge is 2.19. The lowest BCUT2D eigenvalue weighted by atomic mass is 10.1. The van der Waals surface area contributed by atoms with Crippen LogP contribution in [0.3, 0.4) is 0 Å². The minimum absolute atomic E-state index is 0.0532. The van der Waals surface area contributed by atoms with Gasteiger partial charge in [-0.1, -0.05) is 6.58 Å². The van der Waals surface area contributed by atoms with Gasteiger partial charge in [0.15, 0.2) is 0 Å². The predicted molar refractivity (Wildman–Crippen MR) is 55.0 cm³/mol. The molecule has 0 unspecified atom stereocenters. The van der Waals surface area contributed by atoms with Crippen LogP contribution < -0.4 is 5.73 Å². The van der Waals surface area contributed by atoms with E-state index in [-0.39, 0.29) is 25.2 Å². The number of nitrogens with two attached hydrogens (primary N) is 1. The van der Waals surface area contributed by atoms with Crippen LogP contribution >= 0.6 is 0 Å². The molecule has 15 heavy (non-hydrogen) atoms. The molecule has 0 saturated carbocycles. The van der Waals surface area contributed by atoms with Gasteiger partial charge < -0.3 is 15.2 Å². The van der Waals surface area contributed by atoms with E-state index in [0.29, 0.717) is 0 Å². The molecular formula is C10H17NO4. The third kappa shape index (κ3) is 5.17. The van der Waals surface area contributed by atoms with E-state index in [9.17, 15) is 9.59 Å². The average molecular weight is 215 g/mol. The van der Waals surface area contributed by atoms with Crippen molar-refractivity contribution >= 4 is 11.9 Å². The summed E-state index contributed by atoms with van der Waals surface area (Å²) < 4.78 is 9.39. The maximum atomic E-state index is 11.1. The Morgan fingerprint density at radius 1 is 1.27 bits per heavy atom. The summed E-state index contributed by atoms with van der Waals surface area (Å²) in [5.74, 6) is -1.07. The second kappa shape index (κ2) is 7.00. The molecule has 5 nitrogen and oxygen atoms in total. The standard InChI is InChI=1S/C10H17NO4/c1-4-14-9(12)7(3)6-8(11)10(13)15-5-2/h8H,3-6,11H2,1-2H3/t8-/m1/s1.